The molecule has 0 unspecified atom stereocenters. The minimum absolute atomic E-state index is 0.0583. The molecule has 0 aliphatic heterocycles. The van der Waals surface area contributed by atoms with Crippen LogP contribution in [0.15, 0.2) is 24.3 Å². The number of anilines is 1. The Hall–Kier alpha value is -1.95. The Morgan fingerprint density at radius 1 is 1.19 bits per heavy atom. The number of carbonyl (C=O) groups is 2. The Balaban J connectivity index is 2.54. The SMILES string of the molecule is CCCCC(=O)NC(=S)Nc1ccc(C(=O)N(C)C)cc1. The number of hydrogen-bond acceptors (Lipinski definition) is 3. The Kier molecular flexibility index (Phi) is 6.81. The van der Waals surface area contributed by atoms with Gasteiger partial charge in [-0.05, 0) is 42.9 Å². The lowest BCUT2D eigenvalue weighted by Gasteiger charge is -2.12. The van der Waals surface area contributed by atoms with Crippen molar-refractivity contribution in [3.8, 4) is 0 Å². The van der Waals surface area contributed by atoms with Crippen molar-refractivity contribution in [1.82, 2.24) is 10.2 Å². The quantitative estimate of drug-likeness (QED) is 0.820. The number of thiocarbonyl (C=S) groups is 1. The van der Waals surface area contributed by atoms with Crippen LogP contribution >= 0.6 is 12.2 Å². The van der Waals surface area contributed by atoms with Crippen molar-refractivity contribution in [1.29, 1.82) is 0 Å². The van der Waals surface area contributed by atoms with Crippen molar-refractivity contribution in [2.45, 2.75) is 26.2 Å². The van der Waals surface area contributed by atoms with Crippen LogP contribution in [0, 0.1) is 0 Å². The Bertz CT molecular complexity index is 512. The molecule has 0 aliphatic carbocycles. The van der Waals surface area contributed by atoms with E-state index in [1.54, 1.807) is 38.4 Å². The second kappa shape index (κ2) is 8.36. The first kappa shape index (κ1) is 17.1. The number of hydrogen-bond donors (Lipinski definition) is 2. The van der Waals surface area contributed by atoms with Crippen LogP contribution < -0.4 is 10.6 Å². The topological polar surface area (TPSA) is 61.4 Å². The van der Waals surface area contributed by atoms with Gasteiger partial charge in [0.2, 0.25) is 5.91 Å². The lowest BCUT2D eigenvalue weighted by Crippen LogP contribution is -2.33. The fourth-order valence-corrected chi connectivity index (χ4v) is 1.87. The van der Waals surface area contributed by atoms with Crippen LogP contribution in [0.5, 0.6) is 0 Å². The predicted molar refractivity (Wildman–Crippen MR) is 88.3 cm³/mol. The van der Waals surface area contributed by atoms with E-state index in [4.69, 9.17) is 12.2 Å². The standard InChI is InChI=1S/C15H21N3O2S/c1-4-5-6-13(19)17-15(21)16-12-9-7-11(8-10-12)14(20)18(2)3/h7-10H,4-6H2,1-3H3,(H2,16,17,19,21). The Labute approximate surface area is 130 Å². The molecule has 1 aromatic rings. The molecule has 0 aromatic heterocycles. The second-order valence-electron chi connectivity index (χ2n) is 4.88. The van der Waals surface area contributed by atoms with Crippen LogP contribution in [-0.4, -0.2) is 35.9 Å². The van der Waals surface area contributed by atoms with Gasteiger partial charge in [0.15, 0.2) is 5.11 Å². The highest BCUT2D eigenvalue weighted by Gasteiger charge is 2.08. The molecule has 2 N–H and O–H groups in total. The first-order chi connectivity index (χ1) is 9.93. The molecule has 0 saturated heterocycles. The molecule has 0 aliphatic rings. The molecule has 2 amide bonds. The van der Waals surface area contributed by atoms with Gasteiger partial charge in [0.05, 0.1) is 0 Å². The van der Waals surface area contributed by atoms with Crippen LogP contribution in [0.3, 0.4) is 0 Å². The van der Waals surface area contributed by atoms with Crippen molar-refractivity contribution < 1.29 is 9.59 Å². The smallest absolute Gasteiger partial charge is 0.253 e. The summed E-state index contributed by atoms with van der Waals surface area (Å²) in [5.74, 6) is -0.147. The molecule has 1 aromatic carbocycles. The van der Waals surface area contributed by atoms with Crippen molar-refractivity contribution >= 4 is 34.8 Å². The number of carbonyl (C=O) groups excluding carboxylic acids is 2. The van der Waals surface area contributed by atoms with Gasteiger partial charge in [0.25, 0.3) is 5.91 Å². The van der Waals surface area contributed by atoms with Gasteiger partial charge in [-0.15, -0.1) is 0 Å². The highest BCUT2D eigenvalue weighted by molar-refractivity contribution is 7.80. The summed E-state index contributed by atoms with van der Waals surface area (Å²) in [4.78, 5) is 24.8. The van der Waals surface area contributed by atoms with Gasteiger partial charge in [-0.3, -0.25) is 9.59 Å². The molecule has 0 bridgehead atoms. The number of rotatable bonds is 5. The van der Waals surface area contributed by atoms with Crippen molar-refractivity contribution in [3.05, 3.63) is 29.8 Å². The largest absolute Gasteiger partial charge is 0.345 e. The van der Waals surface area contributed by atoms with E-state index in [0.717, 1.165) is 18.5 Å². The summed E-state index contributed by atoms with van der Waals surface area (Å²) < 4.78 is 0. The molecule has 0 radical (unpaired) electrons. The minimum Gasteiger partial charge on any atom is -0.345 e. The van der Waals surface area contributed by atoms with E-state index in [0.29, 0.717) is 12.0 Å². The van der Waals surface area contributed by atoms with E-state index in [-0.39, 0.29) is 16.9 Å². The molecule has 0 heterocycles. The molecule has 0 atom stereocenters. The van der Waals surface area contributed by atoms with Crippen molar-refractivity contribution in [2.24, 2.45) is 0 Å². The van der Waals surface area contributed by atoms with Gasteiger partial charge in [0, 0.05) is 31.8 Å². The van der Waals surface area contributed by atoms with E-state index < -0.39 is 0 Å². The fraction of sp³-hybridized carbons (Fsp3) is 0.400. The normalized spacial score (nSPS) is 9.86. The molecule has 0 saturated carbocycles. The van der Waals surface area contributed by atoms with E-state index in [2.05, 4.69) is 10.6 Å². The summed E-state index contributed by atoms with van der Waals surface area (Å²) in [6.07, 6.45) is 2.28. The van der Waals surface area contributed by atoms with Crippen molar-refractivity contribution in [2.75, 3.05) is 19.4 Å². The molecule has 0 spiro atoms. The molecular formula is C15H21N3O2S. The zero-order chi connectivity index (χ0) is 15.8. The molecule has 114 valence electrons. The summed E-state index contributed by atoms with van der Waals surface area (Å²) in [7, 11) is 3.41. The maximum absolute atomic E-state index is 11.7. The lowest BCUT2D eigenvalue weighted by atomic mass is 10.2. The Morgan fingerprint density at radius 3 is 2.33 bits per heavy atom. The third-order valence-electron chi connectivity index (χ3n) is 2.81. The van der Waals surface area contributed by atoms with Gasteiger partial charge in [-0.1, -0.05) is 13.3 Å². The Morgan fingerprint density at radius 2 is 1.81 bits per heavy atom. The summed E-state index contributed by atoms with van der Waals surface area (Å²) >= 11 is 5.07. The average molecular weight is 307 g/mol. The maximum atomic E-state index is 11.7. The minimum atomic E-state index is -0.0891. The molecule has 21 heavy (non-hydrogen) atoms. The van der Waals surface area contributed by atoms with Gasteiger partial charge in [0.1, 0.15) is 0 Å². The number of nitrogens with one attached hydrogen (secondary N) is 2. The van der Waals surface area contributed by atoms with Gasteiger partial charge < -0.3 is 15.5 Å². The van der Waals surface area contributed by atoms with E-state index in [9.17, 15) is 9.59 Å². The monoisotopic (exact) mass is 307 g/mol. The predicted octanol–water partition coefficient (Wildman–Crippen LogP) is 2.39. The van der Waals surface area contributed by atoms with Crippen LogP contribution in [-0.2, 0) is 4.79 Å². The van der Waals surface area contributed by atoms with Gasteiger partial charge in [-0.25, -0.2) is 0 Å². The van der Waals surface area contributed by atoms with Crippen molar-refractivity contribution in [3.63, 3.8) is 0 Å². The van der Waals surface area contributed by atoms with E-state index in [1.807, 2.05) is 6.92 Å². The lowest BCUT2D eigenvalue weighted by molar-refractivity contribution is -0.119. The summed E-state index contributed by atoms with van der Waals surface area (Å²) in [6, 6.07) is 6.93. The zero-order valence-corrected chi connectivity index (χ0v) is 13.4. The number of unbranched alkanes of at least 4 members (excludes halogenated alkanes) is 1. The molecular weight excluding hydrogens is 286 g/mol. The summed E-state index contributed by atoms with van der Waals surface area (Å²) in [6.45, 7) is 2.03. The molecule has 0 fully saturated rings. The third-order valence-corrected chi connectivity index (χ3v) is 3.01. The number of amides is 2. The second-order valence-corrected chi connectivity index (χ2v) is 5.29. The van der Waals surface area contributed by atoms with Crippen LogP contribution in [0.2, 0.25) is 0 Å². The maximum Gasteiger partial charge on any atom is 0.253 e. The first-order valence-corrected chi connectivity index (χ1v) is 7.27. The summed E-state index contributed by atoms with van der Waals surface area (Å²) in [5.41, 5.74) is 1.33. The van der Waals surface area contributed by atoms with Crippen LogP contribution in [0.4, 0.5) is 5.69 Å². The number of nitrogens with zero attached hydrogens (tertiary/aromatic N) is 1. The van der Waals surface area contributed by atoms with E-state index in [1.165, 1.54) is 4.90 Å². The third kappa shape index (κ3) is 5.91. The highest BCUT2D eigenvalue weighted by atomic mass is 32.1. The van der Waals surface area contributed by atoms with Gasteiger partial charge in [-0.2, -0.15) is 0 Å². The zero-order valence-electron chi connectivity index (χ0n) is 12.6. The number of benzene rings is 1. The average Bonchev–Trinajstić information content (AvgIpc) is 2.44. The molecule has 5 nitrogen and oxygen atoms in total. The molecule has 6 heteroatoms. The van der Waals surface area contributed by atoms with Crippen LogP contribution in [0.1, 0.15) is 36.5 Å². The van der Waals surface area contributed by atoms with E-state index >= 15 is 0 Å². The summed E-state index contributed by atoms with van der Waals surface area (Å²) in [5, 5.41) is 5.81. The fourth-order valence-electron chi connectivity index (χ4n) is 1.64. The first-order valence-electron chi connectivity index (χ1n) is 6.86. The highest BCUT2D eigenvalue weighted by Crippen LogP contribution is 2.10. The van der Waals surface area contributed by atoms with Gasteiger partial charge >= 0.3 is 0 Å². The van der Waals surface area contributed by atoms with Crippen LogP contribution in [0.25, 0.3) is 0 Å². The molecule has 1 rings (SSSR count).